The maximum absolute atomic E-state index is 10.5. The Balaban J connectivity index is 4.66. The molecule has 0 amide bonds. The summed E-state index contributed by atoms with van der Waals surface area (Å²) < 4.78 is 7.08. The van der Waals surface area contributed by atoms with E-state index in [2.05, 4.69) is 30.9 Å². The average molecular weight is 359 g/mol. The van der Waals surface area contributed by atoms with Gasteiger partial charge in [0.2, 0.25) is 0 Å². The van der Waals surface area contributed by atoms with E-state index in [0.717, 1.165) is 6.29 Å². The van der Waals surface area contributed by atoms with E-state index in [-0.39, 0.29) is 0 Å². The van der Waals surface area contributed by atoms with Crippen LogP contribution in [0.3, 0.4) is 0 Å². The summed E-state index contributed by atoms with van der Waals surface area (Å²) in [6.45, 7) is 6.89. The van der Waals surface area contributed by atoms with Crippen molar-refractivity contribution in [1.29, 1.82) is 0 Å². The molecule has 18 heavy (non-hydrogen) atoms. The van der Waals surface area contributed by atoms with Gasteiger partial charge in [0.25, 0.3) is 0 Å². The van der Waals surface area contributed by atoms with Gasteiger partial charge in [-0.25, -0.2) is 0 Å². The van der Waals surface area contributed by atoms with Crippen LogP contribution in [0, 0.1) is 0 Å². The molecule has 0 aromatic rings. The van der Waals surface area contributed by atoms with Gasteiger partial charge in [0.05, 0.1) is 0 Å². The van der Waals surface area contributed by atoms with Crippen molar-refractivity contribution in [2.45, 2.75) is 79.0 Å². The van der Waals surface area contributed by atoms with E-state index in [1.165, 1.54) is 51.8 Å². The van der Waals surface area contributed by atoms with Gasteiger partial charge in [-0.05, 0) is 0 Å². The molecule has 0 saturated carbocycles. The average Bonchev–Trinajstić information content (AvgIpc) is 2.40. The van der Waals surface area contributed by atoms with Crippen LogP contribution in [0.5, 0.6) is 0 Å². The van der Waals surface area contributed by atoms with Crippen molar-refractivity contribution in [3.05, 3.63) is 10.2 Å². The van der Waals surface area contributed by atoms with Crippen LogP contribution in [0.2, 0.25) is 13.3 Å². The minimum atomic E-state index is -2.05. The molecule has 106 valence electrons. The Bertz CT molecular complexity index is 201. The van der Waals surface area contributed by atoms with E-state index < -0.39 is 18.4 Å². The summed E-state index contributed by atoms with van der Waals surface area (Å²) >= 11 is -2.05. The number of aldehydes is 1. The normalized spacial score (nSPS) is 12.2. The molecule has 1 nitrogen and oxygen atoms in total. The molecule has 0 bridgehead atoms. The Hall–Kier alpha value is 0.209. The molecule has 0 N–H and O–H groups in total. The van der Waals surface area contributed by atoms with Gasteiger partial charge in [0, 0.05) is 0 Å². The second-order valence-corrected chi connectivity index (χ2v) is 18.5. The third-order valence-electron chi connectivity index (χ3n) is 3.79. The van der Waals surface area contributed by atoms with E-state index in [1.807, 2.05) is 0 Å². The molecule has 0 aliphatic heterocycles. The molecule has 0 heterocycles. The molecule has 0 saturated heterocycles. The molecule has 0 fully saturated rings. The second kappa shape index (κ2) is 12.3. The van der Waals surface area contributed by atoms with E-state index in [9.17, 15) is 4.79 Å². The first-order valence-electron chi connectivity index (χ1n) is 7.86. The molecule has 0 aromatic carbocycles. The Morgan fingerprint density at radius 3 is 1.61 bits per heavy atom. The third kappa shape index (κ3) is 8.33. The van der Waals surface area contributed by atoms with Crippen LogP contribution in [-0.4, -0.2) is 24.7 Å². The maximum atomic E-state index is 10.5. The molecule has 0 aliphatic carbocycles. The number of unbranched alkanes of at least 4 members (excludes halogenated alkanes) is 3. The van der Waals surface area contributed by atoms with E-state index >= 15 is 0 Å². The van der Waals surface area contributed by atoms with Crippen molar-refractivity contribution in [3.63, 3.8) is 0 Å². The molecule has 0 aromatic heterocycles. The summed E-state index contributed by atoms with van der Waals surface area (Å²) in [6, 6.07) is 0. The fourth-order valence-electron chi connectivity index (χ4n) is 2.59. The zero-order valence-electron chi connectivity index (χ0n) is 12.7. The fraction of sp³-hybridized carbons (Fsp3) is 0.812. The van der Waals surface area contributed by atoms with Crippen LogP contribution in [0.15, 0.2) is 10.2 Å². The zero-order valence-corrected chi connectivity index (χ0v) is 15.6. The van der Waals surface area contributed by atoms with Crippen LogP contribution in [0.4, 0.5) is 0 Å². The number of allylic oxidation sites excluding steroid dienone is 1. The van der Waals surface area contributed by atoms with Gasteiger partial charge in [-0.2, -0.15) is 0 Å². The van der Waals surface area contributed by atoms with E-state index in [1.54, 1.807) is 0 Å². The van der Waals surface area contributed by atoms with Gasteiger partial charge in [-0.1, -0.05) is 0 Å². The van der Waals surface area contributed by atoms with Crippen LogP contribution in [-0.2, 0) is 4.79 Å². The predicted molar refractivity (Wildman–Crippen MR) is 84.7 cm³/mol. The van der Waals surface area contributed by atoms with Crippen molar-refractivity contribution in [3.8, 4) is 0 Å². The molecule has 0 aliphatic rings. The minimum absolute atomic E-state index is 0.628. The van der Waals surface area contributed by atoms with Crippen LogP contribution < -0.4 is 0 Å². The number of hydrogen-bond donors (Lipinski definition) is 0. The summed E-state index contributed by atoms with van der Waals surface area (Å²) in [4.78, 5) is 10.5. The summed E-state index contributed by atoms with van der Waals surface area (Å²) in [5, 5.41) is 0. The quantitative estimate of drug-likeness (QED) is 0.331. The summed E-state index contributed by atoms with van der Waals surface area (Å²) in [6.07, 6.45) is 12.0. The topological polar surface area (TPSA) is 17.1 Å². The molecular weight excluding hydrogens is 327 g/mol. The number of rotatable bonds is 12. The van der Waals surface area contributed by atoms with Gasteiger partial charge in [0.15, 0.2) is 0 Å². The Kier molecular flexibility index (Phi) is 12.4. The molecule has 0 radical (unpaired) electrons. The first kappa shape index (κ1) is 18.2. The standard InChI is InChI=1S/C4H5O.3C4H9.Sn/c1-2-3-4-5;3*1-3-4-2;/h1-2,4H,3H2;3*1,3-4H2,2H3;. The molecule has 2 heteroatoms. The first-order valence-corrected chi connectivity index (χ1v) is 15.6. The summed E-state index contributed by atoms with van der Waals surface area (Å²) in [5.74, 6) is 0. The SMILES string of the molecule is CCC[CH2][Sn]([CH]=CCC=O)([CH2]CCC)[CH2]CCC. The molecule has 0 unspecified atom stereocenters. The van der Waals surface area contributed by atoms with Crippen LogP contribution >= 0.6 is 0 Å². The number of carbonyl (C=O) groups excluding carboxylic acids is 1. The van der Waals surface area contributed by atoms with Crippen molar-refractivity contribution < 1.29 is 4.79 Å². The van der Waals surface area contributed by atoms with Crippen molar-refractivity contribution in [2.75, 3.05) is 0 Å². The summed E-state index contributed by atoms with van der Waals surface area (Å²) in [7, 11) is 0. The van der Waals surface area contributed by atoms with Crippen LogP contribution in [0.1, 0.15) is 65.7 Å². The Morgan fingerprint density at radius 2 is 1.28 bits per heavy atom. The summed E-state index contributed by atoms with van der Waals surface area (Å²) in [5.41, 5.74) is 0. The van der Waals surface area contributed by atoms with Gasteiger partial charge >= 0.3 is 119 Å². The van der Waals surface area contributed by atoms with Gasteiger partial charge in [0.1, 0.15) is 0 Å². The zero-order chi connectivity index (χ0) is 13.7. The van der Waals surface area contributed by atoms with Crippen molar-refractivity contribution in [1.82, 2.24) is 0 Å². The second-order valence-electron chi connectivity index (χ2n) is 5.48. The van der Waals surface area contributed by atoms with E-state index in [0.29, 0.717) is 6.42 Å². The van der Waals surface area contributed by atoms with Crippen molar-refractivity contribution >= 4 is 24.7 Å². The van der Waals surface area contributed by atoms with E-state index in [4.69, 9.17) is 0 Å². The number of carbonyl (C=O) groups is 1. The Morgan fingerprint density at radius 1 is 0.833 bits per heavy atom. The Labute approximate surface area is 118 Å². The van der Waals surface area contributed by atoms with Gasteiger partial charge in [-0.15, -0.1) is 0 Å². The van der Waals surface area contributed by atoms with Crippen molar-refractivity contribution in [2.24, 2.45) is 0 Å². The predicted octanol–water partition coefficient (Wildman–Crippen LogP) is 5.52. The van der Waals surface area contributed by atoms with Crippen LogP contribution in [0.25, 0.3) is 0 Å². The first-order chi connectivity index (χ1) is 8.74. The monoisotopic (exact) mass is 360 g/mol. The van der Waals surface area contributed by atoms with Gasteiger partial charge < -0.3 is 0 Å². The molecule has 0 atom stereocenters. The van der Waals surface area contributed by atoms with Gasteiger partial charge in [-0.3, -0.25) is 0 Å². The molecule has 0 rings (SSSR count). The molecular formula is C16H32OSn. The third-order valence-corrected chi connectivity index (χ3v) is 18.0. The number of hydrogen-bond acceptors (Lipinski definition) is 1. The molecule has 0 spiro atoms. The fourth-order valence-corrected chi connectivity index (χ4v) is 17.0.